The molecule has 7 aromatic rings. The lowest BCUT2D eigenvalue weighted by molar-refractivity contribution is -0.646. The fourth-order valence-electron chi connectivity index (χ4n) is 7.84. The predicted octanol–water partition coefficient (Wildman–Crippen LogP) is 10.4. The van der Waals surface area contributed by atoms with Crippen LogP contribution in [-0.2, 0) is 26.3 Å². The summed E-state index contributed by atoms with van der Waals surface area (Å²) in [6.45, 7) is 23.5. The van der Waals surface area contributed by atoms with Gasteiger partial charge in [0.2, 0.25) is 0 Å². The van der Waals surface area contributed by atoms with Crippen LogP contribution in [0, 0.1) is 23.2 Å². The number of fused-ring (bicyclic) bond motifs is 7. The first-order valence-electron chi connectivity index (χ1n) is 16.3. The Morgan fingerprint density at radius 2 is 1.23 bits per heavy atom. The van der Waals surface area contributed by atoms with Crippen molar-refractivity contribution >= 4 is 59.9 Å². The number of aryl methyl sites for hydroxylation is 2. The largest absolute Gasteiger partial charge is 0.307 e. The van der Waals surface area contributed by atoms with Crippen molar-refractivity contribution in [1.29, 1.82) is 0 Å². The standard InChI is InChI=1S/C41H48N3/c1-24-30-18-25(20-39(2,3)4)12-14-27(30)31(22-41(8,9)10)37-34(24)38-35-32(42-23-43(38)11)17-16-29-28-15-13-26(21-40(5,6)7)19-33(28)44(37)36(29)35/h12-19,23H,20-22H2,1-11H3/q+1. The number of hydrogen-bond donors (Lipinski definition) is 0. The molecule has 226 valence electrons. The Morgan fingerprint density at radius 3 is 1.86 bits per heavy atom. The molecule has 44 heavy (non-hydrogen) atoms. The lowest BCUT2D eigenvalue weighted by Crippen LogP contribution is -2.30. The van der Waals surface area contributed by atoms with Crippen LogP contribution in [0.1, 0.15) is 84.6 Å². The topological polar surface area (TPSA) is 21.2 Å². The number of benzene rings is 4. The van der Waals surface area contributed by atoms with E-state index in [1.54, 1.807) is 0 Å². The maximum absolute atomic E-state index is 4.95. The molecule has 4 aromatic carbocycles. The summed E-state index contributed by atoms with van der Waals surface area (Å²) in [5.41, 5.74) is 12.5. The molecule has 3 heteroatoms. The summed E-state index contributed by atoms with van der Waals surface area (Å²) in [6.07, 6.45) is 5.11. The van der Waals surface area contributed by atoms with Gasteiger partial charge in [0, 0.05) is 10.8 Å². The molecule has 0 bridgehead atoms. The number of aromatic nitrogens is 3. The normalized spacial score (nSPS) is 13.6. The Balaban J connectivity index is 1.78. The first-order valence-corrected chi connectivity index (χ1v) is 16.3. The van der Waals surface area contributed by atoms with Gasteiger partial charge >= 0.3 is 0 Å². The van der Waals surface area contributed by atoms with Gasteiger partial charge in [-0.3, -0.25) is 0 Å². The second kappa shape index (κ2) is 9.39. The monoisotopic (exact) mass is 582 g/mol. The van der Waals surface area contributed by atoms with Gasteiger partial charge in [-0.2, -0.15) is 0 Å². The van der Waals surface area contributed by atoms with Crippen molar-refractivity contribution in [2.45, 2.75) is 88.5 Å². The summed E-state index contributed by atoms with van der Waals surface area (Å²) in [4.78, 5) is 4.95. The van der Waals surface area contributed by atoms with Gasteiger partial charge in [-0.15, -0.1) is 0 Å². The SMILES string of the molecule is Cc1c2cc(CC(C)(C)C)ccc2c(CC(C)(C)C)c2c1c1c3c(ccc4c5ccc(CC(C)(C)C)cc5n2c43)nc[n+]1C. The summed E-state index contributed by atoms with van der Waals surface area (Å²) in [6, 6.07) is 19.0. The van der Waals surface area contributed by atoms with Gasteiger partial charge in [0.25, 0.3) is 6.33 Å². The highest BCUT2D eigenvalue weighted by Gasteiger charge is 2.29. The molecule has 0 atom stereocenters. The summed E-state index contributed by atoms with van der Waals surface area (Å²) in [5, 5.41) is 8.04. The van der Waals surface area contributed by atoms with Crippen LogP contribution < -0.4 is 4.57 Å². The van der Waals surface area contributed by atoms with Gasteiger partial charge in [-0.1, -0.05) is 92.6 Å². The minimum Gasteiger partial charge on any atom is -0.307 e. The number of rotatable bonds is 3. The van der Waals surface area contributed by atoms with E-state index in [1.807, 2.05) is 6.33 Å². The second-order valence-electron chi connectivity index (χ2n) is 17.2. The van der Waals surface area contributed by atoms with E-state index in [9.17, 15) is 0 Å². The molecule has 3 aromatic heterocycles. The lowest BCUT2D eigenvalue weighted by atomic mass is 9.82. The minimum atomic E-state index is 0.117. The average molecular weight is 583 g/mol. The van der Waals surface area contributed by atoms with Crippen molar-refractivity contribution in [3.8, 4) is 0 Å². The Bertz CT molecular complexity index is 2260. The average Bonchev–Trinajstić information content (AvgIpc) is 3.22. The van der Waals surface area contributed by atoms with E-state index in [0.717, 1.165) is 24.8 Å². The molecule has 0 spiro atoms. The van der Waals surface area contributed by atoms with Gasteiger partial charge in [0.1, 0.15) is 5.52 Å². The summed E-state index contributed by atoms with van der Waals surface area (Å²) < 4.78 is 4.91. The van der Waals surface area contributed by atoms with Gasteiger partial charge in [-0.05, 0) is 98.6 Å². The molecule has 0 radical (unpaired) electrons. The zero-order valence-electron chi connectivity index (χ0n) is 28.7. The molecule has 0 fully saturated rings. The highest BCUT2D eigenvalue weighted by atomic mass is 15.0. The minimum absolute atomic E-state index is 0.117. The molecule has 0 saturated carbocycles. The number of hydrogen-bond acceptors (Lipinski definition) is 1. The summed E-state index contributed by atoms with van der Waals surface area (Å²) in [5.74, 6) is 0. The predicted molar refractivity (Wildman–Crippen MR) is 189 cm³/mol. The van der Waals surface area contributed by atoms with Crippen LogP contribution in [0.3, 0.4) is 0 Å². The van der Waals surface area contributed by atoms with Gasteiger partial charge in [0.05, 0.1) is 34.4 Å². The lowest BCUT2D eigenvalue weighted by Gasteiger charge is -2.25. The molecule has 3 nitrogen and oxygen atoms in total. The fraction of sp³-hybridized carbons (Fsp3) is 0.415. The van der Waals surface area contributed by atoms with Crippen LogP contribution in [0.25, 0.3) is 59.9 Å². The van der Waals surface area contributed by atoms with Crippen LogP contribution in [-0.4, -0.2) is 9.38 Å². The van der Waals surface area contributed by atoms with Crippen molar-refractivity contribution in [3.63, 3.8) is 0 Å². The van der Waals surface area contributed by atoms with Crippen molar-refractivity contribution in [1.82, 2.24) is 9.38 Å². The first kappa shape index (κ1) is 29.0. The third-order valence-corrected chi connectivity index (χ3v) is 9.28. The van der Waals surface area contributed by atoms with Crippen molar-refractivity contribution in [2.24, 2.45) is 23.3 Å². The molecular formula is C41H48N3+. The van der Waals surface area contributed by atoms with E-state index in [0.29, 0.717) is 0 Å². The van der Waals surface area contributed by atoms with Crippen LogP contribution >= 0.6 is 0 Å². The highest BCUT2D eigenvalue weighted by Crippen LogP contribution is 2.45. The fourth-order valence-corrected chi connectivity index (χ4v) is 7.84. The second-order valence-corrected chi connectivity index (χ2v) is 17.2. The number of nitrogens with zero attached hydrogens (tertiary/aromatic N) is 3. The van der Waals surface area contributed by atoms with Gasteiger partial charge in [0.15, 0.2) is 5.52 Å². The molecule has 3 heterocycles. The third kappa shape index (κ3) is 4.62. The highest BCUT2D eigenvalue weighted by molar-refractivity contribution is 6.28. The molecule has 0 saturated heterocycles. The van der Waals surface area contributed by atoms with Gasteiger partial charge < -0.3 is 4.40 Å². The summed E-state index contributed by atoms with van der Waals surface area (Å²) in [7, 11) is 2.17. The molecular weight excluding hydrogens is 534 g/mol. The van der Waals surface area contributed by atoms with Crippen molar-refractivity contribution < 1.29 is 4.57 Å². The molecule has 0 amide bonds. The molecule has 0 unspecified atom stereocenters. The van der Waals surface area contributed by atoms with E-state index >= 15 is 0 Å². The zero-order chi connectivity index (χ0) is 31.5. The quantitative estimate of drug-likeness (QED) is 0.115. The first-order chi connectivity index (χ1) is 20.5. The Morgan fingerprint density at radius 1 is 0.636 bits per heavy atom. The molecule has 0 aliphatic rings. The molecule has 0 aliphatic heterocycles. The Labute approximate surface area is 262 Å². The number of pyridine rings is 1. The zero-order valence-corrected chi connectivity index (χ0v) is 28.7. The van der Waals surface area contributed by atoms with Crippen molar-refractivity contribution in [2.75, 3.05) is 0 Å². The Hall–Kier alpha value is -3.72. The van der Waals surface area contributed by atoms with Crippen LogP contribution in [0.2, 0.25) is 0 Å². The van der Waals surface area contributed by atoms with E-state index in [4.69, 9.17) is 4.98 Å². The third-order valence-electron chi connectivity index (χ3n) is 9.28. The van der Waals surface area contributed by atoms with E-state index in [2.05, 4.69) is 134 Å². The van der Waals surface area contributed by atoms with Crippen LogP contribution in [0.5, 0.6) is 0 Å². The molecule has 0 N–H and O–H groups in total. The van der Waals surface area contributed by atoms with E-state index in [1.165, 1.54) is 76.6 Å². The van der Waals surface area contributed by atoms with E-state index < -0.39 is 0 Å². The Kier molecular flexibility index (Phi) is 6.19. The maximum atomic E-state index is 4.95. The van der Waals surface area contributed by atoms with E-state index in [-0.39, 0.29) is 16.2 Å². The van der Waals surface area contributed by atoms with Crippen molar-refractivity contribution in [3.05, 3.63) is 77.1 Å². The maximum Gasteiger partial charge on any atom is 0.287 e. The summed E-state index contributed by atoms with van der Waals surface area (Å²) >= 11 is 0. The molecule has 0 aliphatic carbocycles. The van der Waals surface area contributed by atoms with Crippen LogP contribution in [0.15, 0.2) is 54.9 Å². The van der Waals surface area contributed by atoms with Gasteiger partial charge in [-0.25, -0.2) is 4.57 Å². The van der Waals surface area contributed by atoms with Crippen LogP contribution in [0.4, 0.5) is 0 Å². The smallest absolute Gasteiger partial charge is 0.287 e. The molecule has 7 rings (SSSR count).